The van der Waals surface area contributed by atoms with Crippen LogP contribution in [0.4, 0.5) is 0 Å². The van der Waals surface area contributed by atoms with Crippen LogP contribution in [0.3, 0.4) is 0 Å². The third-order valence-corrected chi connectivity index (χ3v) is 5.87. The van der Waals surface area contributed by atoms with Crippen LogP contribution in [0, 0.1) is 0 Å². The highest BCUT2D eigenvalue weighted by molar-refractivity contribution is 8.13. The van der Waals surface area contributed by atoms with Crippen molar-refractivity contribution in [1.29, 1.82) is 0 Å². The molecule has 1 aliphatic rings. The zero-order valence-electron chi connectivity index (χ0n) is 14.5. The van der Waals surface area contributed by atoms with Gasteiger partial charge < -0.3 is 9.31 Å². The molecule has 3 nitrogen and oxygen atoms in total. The number of hydrogen-bond donors (Lipinski definition) is 0. The van der Waals surface area contributed by atoms with Crippen molar-refractivity contribution in [3.05, 3.63) is 39.3 Å². The minimum absolute atomic E-state index is 0.0303. The minimum atomic E-state index is -0.547. The fourth-order valence-electron chi connectivity index (χ4n) is 2.19. The van der Waals surface area contributed by atoms with Crippen molar-refractivity contribution in [2.24, 2.45) is 0 Å². The lowest BCUT2D eigenvalue weighted by atomic mass is 9.78. The van der Waals surface area contributed by atoms with Crippen LogP contribution >= 0.6 is 35.0 Å². The summed E-state index contributed by atoms with van der Waals surface area (Å²) in [7, 11) is -0.547. The van der Waals surface area contributed by atoms with Gasteiger partial charge in [-0.05, 0) is 45.3 Å². The van der Waals surface area contributed by atoms with Crippen LogP contribution in [0.1, 0.15) is 40.2 Å². The number of rotatable bonds is 4. The molecule has 2 rings (SSSR count). The molecule has 130 valence electrons. The van der Waals surface area contributed by atoms with E-state index in [4.69, 9.17) is 32.5 Å². The van der Waals surface area contributed by atoms with Gasteiger partial charge in [0.15, 0.2) is 5.12 Å². The molecule has 0 bridgehead atoms. The standard InChI is InChI=1S/C17H21BCl2O3S/c1-11(21)24-10-12(9-13-14(19)7-6-8-15(13)20)18-22-16(2,3)17(4,5)23-18/h6-9H,10H2,1-5H3. The molecule has 1 fully saturated rings. The topological polar surface area (TPSA) is 35.5 Å². The van der Waals surface area contributed by atoms with E-state index < -0.39 is 18.3 Å². The minimum Gasteiger partial charge on any atom is -0.400 e. The Bertz CT molecular complexity index is 638. The summed E-state index contributed by atoms with van der Waals surface area (Å²) >= 11 is 13.7. The smallest absolute Gasteiger partial charge is 0.400 e. The van der Waals surface area contributed by atoms with Gasteiger partial charge in [-0.2, -0.15) is 0 Å². The molecular weight excluding hydrogens is 366 g/mol. The van der Waals surface area contributed by atoms with Gasteiger partial charge in [0.1, 0.15) is 0 Å². The molecule has 1 saturated heterocycles. The third kappa shape index (κ3) is 4.38. The largest absolute Gasteiger partial charge is 0.491 e. The first-order valence-electron chi connectivity index (χ1n) is 7.67. The normalized spacial score (nSPS) is 19.6. The summed E-state index contributed by atoms with van der Waals surface area (Å²) < 4.78 is 12.2. The molecule has 0 aromatic heterocycles. The number of carbonyl (C=O) groups excluding carboxylic acids is 1. The first kappa shape index (κ1) is 19.9. The Kier molecular flexibility index (Phi) is 6.14. The first-order valence-corrected chi connectivity index (χ1v) is 9.41. The van der Waals surface area contributed by atoms with Crippen molar-refractivity contribution < 1.29 is 14.1 Å². The van der Waals surface area contributed by atoms with Crippen LogP contribution in [0.5, 0.6) is 0 Å². The molecule has 0 N–H and O–H groups in total. The molecule has 0 amide bonds. The van der Waals surface area contributed by atoms with Gasteiger partial charge in [-0.25, -0.2) is 0 Å². The summed E-state index contributed by atoms with van der Waals surface area (Å²) in [6, 6.07) is 5.35. The van der Waals surface area contributed by atoms with Crippen LogP contribution in [-0.4, -0.2) is 29.2 Å². The monoisotopic (exact) mass is 386 g/mol. The van der Waals surface area contributed by atoms with E-state index in [0.29, 0.717) is 21.4 Å². The van der Waals surface area contributed by atoms with Crippen LogP contribution in [0.25, 0.3) is 6.08 Å². The zero-order chi connectivity index (χ0) is 18.1. The Morgan fingerprint density at radius 3 is 2.12 bits per heavy atom. The SMILES string of the molecule is CC(=O)SCC(=Cc1c(Cl)cccc1Cl)B1OC(C)(C)C(C)(C)O1. The summed E-state index contributed by atoms with van der Waals surface area (Å²) in [5, 5.41) is 1.12. The van der Waals surface area contributed by atoms with Gasteiger partial charge in [-0.15, -0.1) is 0 Å². The molecule has 1 aromatic carbocycles. The van der Waals surface area contributed by atoms with Gasteiger partial charge in [0, 0.05) is 28.3 Å². The van der Waals surface area contributed by atoms with Crippen LogP contribution < -0.4 is 0 Å². The Hall–Kier alpha value is -0.455. The Balaban J connectivity index is 2.39. The highest BCUT2D eigenvalue weighted by Gasteiger charge is 2.52. The summed E-state index contributed by atoms with van der Waals surface area (Å²) in [4.78, 5) is 11.4. The maximum atomic E-state index is 11.4. The zero-order valence-corrected chi connectivity index (χ0v) is 16.8. The molecule has 0 aliphatic carbocycles. The molecule has 1 heterocycles. The molecule has 0 saturated carbocycles. The summed E-state index contributed by atoms with van der Waals surface area (Å²) in [5.41, 5.74) is 0.614. The van der Waals surface area contributed by atoms with Gasteiger partial charge in [0.2, 0.25) is 0 Å². The second-order valence-electron chi connectivity index (χ2n) is 6.72. The maximum absolute atomic E-state index is 11.4. The van der Waals surface area contributed by atoms with Crippen molar-refractivity contribution in [2.45, 2.75) is 45.8 Å². The lowest BCUT2D eigenvalue weighted by Gasteiger charge is -2.32. The van der Waals surface area contributed by atoms with E-state index in [2.05, 4.69) is 0 Å². The van der Waals surface area contributed by atoms with E-state index in [1.165, 1.54) is 18.7 Å². The van der Waals surface area contributed by atoms with E-state index in [-0.39, 0.29) is 5.12 Å². The van der Waals surface area contributed by atoms with Crippen molar-refractivity contribution in [2.75, 3.05) is 5.75 Å². The molecule has 0 spiro atoms. The second-order valence-corrected chi connectivity index (χ2v) is 8.69. The van der Waals surface area contributed by atoms with Crippen LogP contribution in [-0.2, 0) is 14.1 Å². The molecule has 0 unspecified atom stereocenters. The van der Waals surface area contributed by atoms with E-state index in [9.17, 15) is 4.79 Å². The van der Waals surface area contributed by atoms with E-state index >= 15 is 0 Å². The summed E-state index contributed by atoms with van der Waals surface area (Å²) in [5.74, 6) is 0.452. The lowest BCUT2D eigenvalue weighted by molar-refractivity contribution is -0.109. The number of benzene rings is 1. The van der Waals surface area contributed by atoms with Gasteiger partial charge >= 0.3 is 7.12 Å². The molecule has 7 heteroatoms. The Morgan fingerprint density at radius 2 is 1.67 bits per heavy atom. The summed E-state index contributed by atoms with van der Waals surface area (Å²) in [6.45, 7) is 9.50. The van der Waals surface area contributed by atoms with Gasteiger partial charge in [-0.3, -0.25) is 4.79 Å². The second kappa shape index (κ2) is 7.42. The highest BCUT2D eigenvalue weighted by atomic mass is 35.5. The van der Waals surface area contributed by atoms with Gasteiger partial charge in [0.05, 0.1) is 11.2 Å². The van der Waals surface area contributed by atoms with E-state index in [1.54, 1.807) is 18.2 Å². The maximum Gasteiger partial charge on any atom is 0.491 e. The Morgan fingerprint density at radius 1 is 1.17 bits per heavy atom. The fourth-order valence-corrected chi connectivity index (χ4v) is 3.29. The van der Waals surface area contributed by atoms with Crippen LogP contribution in [0.15, 0.2) is 23.7 Å². The molecule has 1 aromatic rings. The molecule has 0 atom stereocenters. The number of hydrogen-bond acceptors (Lipinski definition) is 4. The van der Waals surface area contributed by atoms with E-state index in [0.717, 1.165) is 5.47 Å². The Labute approximate surface area is 158 Å². The molecular formula is C17H21BCl2O3S. The average Bonchev–Trinajstić information content (AvgIpc) is 2.65. The first-order chi connectivity index (χ1) is 11.0. The highest BCUT2D eigenvalue weighted by Crippen LogP contribution is 2.40. The third-order valence-electron chi connectivity index (χ3n) is 4.33. The van der Waals surface area contributed by atoms with Crippen molar-refractivity contribution in [3.63, 3.8) is 0 Å². The van der Waals surface area contributed by atoms with Crippen molar-refractivity contribution in [3.8, 4) is 0 Å². The number of carbonyl (C=O) groups is 1. The molecule has 1 aliphatic heterocycles. The van der Waals surface area contributed by atoms with Gasteiger partial charge in [0.25, 0.3) is 0 Å². The fraction of sp³-hybridized carbons (Fsp3) is 0.471. The average molecular weight is 387 g/mol. The number of thioether (sulfide) groups is 1. The lowest BCUT2D eigenvalue weighted by Crippen LogP contribution is -2.41. The van der Waals surface area contributed by atoms with Crippen molar-refractivity contribution in [1.82, 2.24) is 0 Å². The van der Waals surface area contributed by atoms with Crippen LogP contribution in [0.2, 0.25) is 10.0 Å². The van der Waals surface area contributed by atoms with Crippen molar-refractivity contribution >= 4 is 53.3 Å². The quantitative estimate of drug-likeness (QED) is 0.658. The molecule has 24 heavy (non-hydrogen) atoms. The van der Waals surface area contributed by atoms with Gasteiger partial charge in [-0.1, -0.05) is 47.1 Å². The van der Waals surface area contributed by atoms with E-state index in [1.807, 2.05) is 33.8 Å². The predicted molar refractivity (Wildman–Crippen MR) is 104 cm³/mol. The summed E-state index contributed by atoms with van der Waals surface area (Å²) in [6.07, 6.45) is 1.86. The predicted octanol–water partition coefficient (Wildman–Crippen LogP) is 5.29. The number of halogens is 2. The molecule has 0 radical (unpaired) electrons.